The maximum absolute atomic E-state index is 11.8. The van der Waals surface area contributed by atoms with Crippen molar-refractivity contribution in [1.82, 2.24) is 4.31 Å². The van der Waals surface area contributed by atoms with Gasteiger partial charge >= 0.3 is 5.97 Å². The first kappa shape index (κ1) is 13.8. The minimum atomic E-state index is -3.38. The van der Waals surface area contributed by atoms with E-state index < -0.39 is 16.0 Å². The molecule has 1 N–H and O–H groups in total. The number of carbonyl (C=O) groups is 1. The Morgan fingerprint density at radius 1 is 1.56 bits per heavy atom. The number of nitrogens with zero attached hydrogens (tertiary/aromatic N) is 1. The summed E-state index contributed by atoms with van der Waals surface area (Å²) in [5, 5.41) is 8.83. The van der Waals surface area contributed by atoms with Crippen molar-refractivity contribution in [3.05, 3.63) is 0 Å². The number of carboxylic acid groups (broad SMARTS) is 1. The molecule has 5 nitrogen and oxygen atoms in total. The third kappa shape index (κ3) is 3.95. The first-order valence-electron chi connectivity index (χ1n) is 5.27. The molecule has 1 fully saturated rings. The summed E-state index contributed by atoms with van der Waals surface area (Å²) in [4.78, 5) is 10.4. The number of carboxylic acids is 1. The largest absolute Gasteiger partial charge is 0.481 e. The molecule has 16 heavy (non-hydrogen) atoms. The van der Waals surface area contributed by atoms with Crippen LogP contribution >= 0.6 is 11.8 Å². The van der Waals surface area contributed by atoms with Gasteiger partial charge in [0.05, 0.1) is 12.2 Å². The second-order valence-corrected chi connectivity index (χ2v) is 7.22. The standard InChI is InChI=1S/C9H17NO4S2/c1-2-8-7-10(4-5-15-8)16(13,14)6-3-9(11)12/h8H,2-7H2,1H3,(H,11,12). The molecule has 1 unspecified atom stereocenters. The highest BCUT2D eigenvalue weighted by Gasteiger charge is 2.28. The van der Waals surface area contributed by atoms with E-state index in [0.29, 0.717) is 18.3 Å². The molecule has 0 saturated carbocycles. The fourth-order valence-corrected chi connectivity index (χ4v) is 4.39. The number of rotatable bonds is 5. The summed E-state index contributed by atoms with van der Waals surface area (Å²) in [5.41, 5.74) is 0. The number of thioether (sulfide) groups is 1. The quantitative estimate of drug-likeness (QED) is 0.790. The van der Waals surface area contributed by atoms with Crippen molar-refractivity contribution in [2.45, 2.75) is 25.0 Å². The molecule has 0 aromatic rings. The van der Waals surface area contributed by atoms with E-state index in [4.69, 9.17) is 5.11 Å². The minimum Gasteiger partial charge on any atom is -0.481 e. The molecule has 7 heteroatoms. The zero-order valence-corrected chi connectivity index (χ0v) is 10.9. The summed E-state index contributed by atoms with van der Waals surface area (Å²) in [6, 6.07) is 0. The van der Waals surface area contributed by atoms with E-state index in [1.165, 1.54) is 4.31 Å². The lowest BCUT2D eigenvalue weighted by Crippen LogP contribution is -2.43. The first-order chi connectivity index (χ1) is 7.45. The van der Waals surface area contributed by atoms with Crippen molar-refractivity contribution in [1.29, 1.82) is 0 Å². The lowest BCUT2D eigenvalue weighted by molar-refractivity contribution is -0.136. The van der Waals surface area contributed by atoms with E-state index in [9.17, 15) is 13.2 Å². The molecular weight excluding hydrogens is 250 g/mol. The molecule has 0 amide bonds. The monoisotopic (exact) mass is 267 g/mol. The number of sulfonamides is 1. The van der Waals surface area contributed by atoms with Crippen LogP contribution in [0.5, 0.6) is 0 Å². The Morgan fingerprint density at radius 3 is 2.81 bits per heavy atom. The SMILES string of the molecule is CCC1CN(S(=O)(=O)CCC(=O)O)CCS1. The summed E-state index contributed by atoms with van der Waals surface area (Å²) in [7, 11) is -3.38. The fourth-order valence-electron chi connectivity index (χ4n) is 1.54. The molecule has 1 atom stereocenters. The van der Waals surface area contributed by atoms with Gasteiger partial charge in [-0.1, -0.05) is 6.92 Å². The molecule has 1 heterocycles. The van der Waals surface area contributed by atoms with Gasteiger partial charge in [0.15, 0.2) is 0 Å². The van der Waals surface area contributed by atoms with Gasteiger partial charge < -0.3 is 5.11 Å². The maximum atomic E-state index is 11.8. The predicted molar refractivity (Wildman–Crippen MR) is 64.1 cm³/mol. The molecule has 94 valence electrons. The number of hydrogen-bond acceptors (Lipinski definition) is 4. The van der Waals surface area contributed by atoms with E-state index in [0.717, 1.165) is 12.2 Å². The second-order valence-electron chi connectivity index (χ2n) is 3.72. The van der Waals surface area contributed by atoms with Crippen molar-refractivity contribution >= 4 is 27.8 Å². The molecule has 0 aliphatic carbocycles. The van der Waals surface area contributed by atoms with Crippen LogP contribution in [0.15, 0.2) is 0 Å². The van der Waals surface area contributed by atoms with Gasteiger partial charge in [-0.15, -0.1) is 0 Å². The molecule has 1 rings (SSSR count). The molecule has 0 radical (unpaired) electrons. The van der Waals surface area contributed by atoms with Gasteiger partial charge in [0.2, 0.25) is 10.0 Å². The molecular formula is C9H17NO4S2. The number of aliphatic carboxylic acids is 1. The van der Waals surface area contributed by atoms with Gasteiger partial charge in [0.25, 0.3) is 0 Å². The third-order valence-electron chi connectivity index (χ3n) is 2.52. The van der Waals surface area contributed by atoms with Gasteiger partial charge in [-0.25, -0.2) is 8.42 Å². The van der Waals surface area contributed by atoms with Gasteiger partial charge in [-0.2, -0.15) is 16.1 Å². The molecule has 0 bridgehead atoms. The molecule has 0 aromatic carbocycles. The number of hydrogen-bond donors (Lipinski definition) is 1. The highest BCUT2D eigenvalue weighted by molar-refractivity contribution is 8.00. The van der Waals surface area contributed by atoms with Crippen molar-refractivity contribution in [2.24, 2.45) is 0 Å². The smallest absolute Gasteiger partial charge is 0.304 e. The maximum Gasteiger partial charge on any atom is 0.304 e. The minimum absolute atomic E-state index is 0.288. The van der Waals surface area contributed by atoms with Crippen LogP contribution in [0.2, 0.25) is 0 Å². The van der Waals surface area contributed by atoms with Gasteiger partial charge in [0.1, 0.15) is 0 Å². The summed E-state index contributed by atoms with van der Waals surface area (Å²) in [5.74, 6) is -0.559. The van der Waals surface area contributed by atoms with Crippen LogP contribution in [0.25, 0.3) is 0 Å². The summed E-state index contributed by atoms with van der Waals surface area (Å²) in [6.07, 6.45) is 0.623. The topological polar surface area (TPSA) is 74.7 Å². The fraction of sp³-hybridized carbons (Fsp3) is 0.889. The zero-order valence-electron chi connectivity index (χ0n) is 9.26. The van der Waals surface area contributed by atoms with Crippen LogP contribution in [0.1, 0.15) is 19.8 Å². The van der Waals surface area contributed by atoms with Crippen LogP contribution in [-0.2, 0) is 14.8 Å². The third-order valence-corrected chi connectivity index (χ3v) is 5.73. The van der Waals surface area contributed by atoms with E-state index in [2.05, 4.69) is 0 Å². The Labute approximate surface area is 100 Å². The van der Waals surface area contributed by atoms with Crippen LogP contribution in [0.4, 0.5) is 0 Å². The Bertz CT molecular complexity index is 341. The Kier molecular flexibility index (Phi) is 5.07. The van der Waals surface area contributed by atoms with Crippen LogP contribution in [0, 0.1) is 0 Å². The summed E-state index contributed by atoms with van der Waals surface area (Å²) in [6.45, 7) is 3.05. The molecule has 0 spiro atoms. The van der Waals surface area contributed by atoms with Crippen molar-refractivity contribution in [3.8, 4) is 0 Å². The molecule has 1 saturated heterocycles. The zero-order chi connectivity index (χ0) is 12.2. The highest BCUT2D eigenvalue weighted by atomic mass is 32.2. The lowest BCUT2D eigenvalue weighted by atomic mass is 10.3. The second kappa shape index (κ2) is 5.88. The van der Waals surface area contributed by atoms with Gasteiger partial charge in [0, 0.05) is 24.1 Å². The van der Waals surface area contributed by atoms with E-state index in [-0.39, 0.29) is 12.2 Å². The van der Waals surface area contributed by atoms with E-state index >= 15 is 0 Å². The van der Waals surface area contributed by atoms with Crippen LogP contribution in [0.3, 0.4) is 0 Å². The van der Waals surface area contributed by atoms with Crippen molar-refractivity contribution in [2.75, 3.05) is 24.6 Å². The van der Waals surface area contributed by atoms with Gasteiger partial charge in [-0.3, -0.25) is 4.79 Å². The molecule has 1 aliphatic rings. The van der Waals surface area contributed by atoms with Crippen molar-refractivity contribution < 1.29 is 18.3 Å². The Hall–Kier alpha value is -0.270. The van der Waals surface area contributed by atoms with Crippen LogP contribution in [-0.4, -0.2) is 53.6 Å². The van der Waals surface area contributed by atoms with Gasteiger partial charge in [-0.05, 0) is 6.42 Å². The Morgan fingerprint density at radius 2 is 2.25 bits per heavy atom. The Balaban J connectivity index is 2.57. The summed E-state index contributed by atoms with van der Waals surface area (Å²) >= 11 is 1.79. The lowest BCUT2D eigenvalue weighted by Gasteiger charge is -2.30. The van der Waals surface area contributed by atoms with Crippen molar-refractivity contribution in [3.63, 3.8) is 0 Å². The highest BCUT2D eigenvalue weighted by Crippen LogP contribution is 2.23. The van der Waals surface area contributed by atoms with Crippen LogP contribution < -0.4 is 0 Å². The van der Waals surface area contributed by atoms with E-state index in [1.54, 1.807) is 11.8 Å². The summed E-state index contributed by atoms with van der Waals surface area (Å²) < 4.78 is 25.0. The predicted octanol–water partition coefficient (Wildman–Crippen LogP) is 0.618. The van der Waals surface area contributed by atoms with E-state index in [1.807, 2.05) is 6.92 Å². The average molecular weight is 267 g/mol. The normalized spacial score (nSPS) is 23.2. The average Bonchev–Trinajstić information content (AvgIpc) is 2.27. The molecule has 1 aliphatic heterocycles. The first-order valence-corrected chi connectivity index (χ1v) is 7.92. The molecule has 0 aromatic heterocycles.